The molecule has 3 nitrogen and oxygen atoms in total. The number of hydrogen-bond donors (Lipinski definition) is 2. The summed E-state index contributed by atoms with van der Waals surface area (Å²) < 4.78 is 4.94. The lowest BCUT2D eigenvalue weighted by atomic mass is 9.94. The largest absolute Gasteiger partial charge is 0.496 e. The molecule has 0 unspecified atom stereocenters. The van der Waals surface area contributed by atoms with E-state index in [1.54, 1.807) is 13.8 Å². The normalized spacial score (nSPS) is 46.8. The lowest BCUT2D eigenvalue weighted by Crippen LogP contribution is -2.47. The lowest BCUT2D eigenvalue weighted by molar-refractivity contribution is -0.103. The van der Waals surface area contributed by atoms with Crippen molar-refractivity contribution in [3.63, 3.8) is 0 Å². The maximum absolute atomic E-state index is 9.40. The third-order valence-corrected chi connectivity index (χ3v) is 1.74. The van der Waals surface area contributed by atoms with E-state index in [1.165, 1.54) is 12.3 Å². The summed E-state index contributed by atoms with van der Waals surface area (Å²) in [4.78, 5) is 0. The van der Waals surface area contributed by atoms with Gasteiger partial charge in [0.05, 0.1) is 6.26 Å². The Morgan fingerprint density at radius 1 is 1.60 bits per heavy atom. The Labute approximate surface area is 59.9 Å². The minimum Gasteiger partial charge on any atom is -0.496 e. The van der Waals surface area contributed by atoms with Crippen LogP contribution < -0.4 is 0 Å². The van der Waals surface area contributed by atoms with Gasteiger partial charge in [-0.25, -0.2) is 0 Å². The average Bonchev–Trinajstić information content (AvgIpc) is 1.83. The van der Waals surface area contributed by atoms with Crippen molar-refractivity contribution in [3.05, 3.63) is 12.3 Å². The van der Waals surface area contributed by atoms with Gasteiger partial charge in [0, 0.05) is 0 Å². The summed E-state index contributed by atoms with van der Waals surface area (Å²) in [7, 11) is 0. The van der Waals surface area contributed by atoms with E-state index in [0.717, 1.165) is 0 Å². The van der Waals surface area contributed by atoms with Gasteiger partial charge in [0.15, 0.2) is 0 Å². The second-order valence-electron chi connectivity index (χ2n) is 2.81. The van der Waals surface area contributed by atoms with Crippen LogP contribution in [0.4, 0.5) is 0 Å². The summed E-state index contributed by atoms with van der Waals surface area (Å²) in [5.41, 5.74) is -1.14. The smallest absolute Gasteiger partial charge is 0.124 e. The van der Waals surface area contributed by atoms with Crippen molar-refractivity contribution in [2.45, 2.75) is 31.7 Å². The maximum atomic E-state index is 9.40. The fourth-order valence-corrected chi connectivity index (χ4v) is 0.949. The Hall–Kier alpha value is -0.540. The highest BCUT2D eigenvalue weighted by Crippen LogP contribution is 2.21. The van der Waals surface area contributed by atoms with E-state index in [9.17, 15) is 10.2 Å². The first-order chi connectivity index (χ1) is 4.54. The van der Waals surface area contributed by atoms with Crippen molar-refractivity contribution >= 4 is 0 Å². The van der Waals surface area contributed by atoms with Gasteiger partial charge in [-0.2, -0.15) is 0 Å². The Kier molecular flexibility index (Phi) is 1.70. The minimum atomic E-state index is -1.14. The lowest BCUT2D eigenvalue weighted by Gasteiger charge is -2.33. The average molecular weight is 144 g/mol. The van der Waals surface area contributed by atoms with Crippen molar-refractivity contribution in [3.8, 4) is 0 Å². The summed E-state index contributed by atoms with van der Waals surface area (Å²) >= 11 is 0. The molecule has 0 aromatic rings. The van der Waals surface area contributed by atoms with Gasteiger partial charge in [0.25, 0.3) is 0 Å². The second kappa shape index (κ2) is 2.25. The van der Waals surface area contributed by atoms with E-state index >= 15 is 0 Å². The molecular formula is C7H12O3. The molecule has 1 heterocycles. The van der Waals surface area contributed by atoms with Gasteiger partial charge in [-0.3, -0.25) is 0 Å². The van der Waals surface area contributed by atoms with E-state index in [4.69, 9.17) is 4.74 Å². The van der Waals surface area contributed by atoms with E-state index in [0.29, 0.717) is 0 Å². The molecule has 0 fully saturated rings. The Morgan fingerprint density at radius 2 is 2.20 bits per heavy atom. The molecule has 58 valence electrons. The molecule has 2 N–H and O–H groups in total. The molecule has 1 aliphatic rings. The van der Waals surface area contributed by atoms with Gasteiger partial charge >= 0.3 is 0 Å². The Bertz CT molecular complexity index is 151. The molecule has 1 rings (SSSR count). The second-order valence-corrected chi connectivity index (χ2v) is 2.81. The summed E-state index contributed by atoms with van der Waals surface area (Å²) in [6.07, 6.45) is 1.69. The highest BCUT2D eigenvalue weighted by Gasteiger charge is 2.35. The number of aliphatic hydroxyl groups is 2. The zero-order valence-corrected chi connectivity index (χ0v) is 6.11. The summed E-state index contributed by atoms with van der Waals surface area (Å²) in [6, 6.07) is 0. The van der Waals surface area contributed by atoms with Crippen molar-refractivity contribution in [2.75, 3.05) is 0 Å². The van der Waals surface area contributed by atoms with Crippen LogP contribution in [0.3, 0.4) is 0 Å². The van der Waals surface area contributed by atoms with E-state index in [1.807, 2.05) is 0 Å². The quantitative estimate of drug-likeness (QED) is 0.504. The topological polar surface area (TPSA) is 49.7 Å². The Balaban J connectivity index is 2.77. The van der Waals surface area contributed by atoms with E-state index in [2.05, 4.69) is 0 Å². The third kappa shape index (κ3) is 1.15. The number of hydrogen-bond acceptors (Lipinski definition) is 3. The fourth-order valence-electron chi connectivity index (χ4n) is 0.949. The monoisotopic (exact) mass is 144 g/mol. The van der Waals surface area contributed by atoms with Crippen LogP contribution in [0.5, 0.6) is 0 Å². The molecule has 0 saturated carbocycles. The molecular weight excluding hydrogens is 132 g/mol. The zero-order chi connectivity index (χ0) is 7.78. The first-order valence-corrected chi connectivity index (χ1v) is 3.27. The molecule has 0 bridgehead atoms. The molecule has 3 heteroatoms. The van der Waals surface area contributed by atoms with Gasteiger partial charge in [-0.05, 0) is 19.9 Å². The predicted octanol–water partition coefficient (Wildman–Crippen LogP) is 0.0307. The molecule has 0 radical (unpaired) electrons. The molecule has 0 spiro atoms. The van der Waals surface area contributed by atoms with Crippen LogP contribution in [0.25, 0.3) is 0 Å². The zero-order valence-electron chi connectivity index (χ0n) is 6.11. The van der Waals surface area contributed by atoms with E-state index < -0.39 is 11.7 Å². The molecule has 0 amide bonds. The molecule has 0 aromatic heterocycles. The standard InChI is InChI=1S/C7H12O3/c1-5-6(8)7(2,9)3-4-10-5/h3-6,8-9H,1-2H3/t5-,6-,7-/m1/s1. The highest BCUT2D eigenvalue weighted by molar-refractivity contribution is 5.05. The third-order valence-electron chi connectivity index (χ3n) is 1.74. The number of aliphatic hydroxyl groups excluding tert-OH is 1. The summed E-state index contributed by atoms with van der Waals surface area (Å²) in [6.45, 7) is 3.26. The first-order valence-electron chi connectivity index (χ1n) is 3.27. The van der Waals surface area contributed by atoms with Gasteiger partial charge < -0.3 is 14.9 Å². The number of rotatable bonds is 0. The minimum absolute atomic E-state index is 0.333. The van der Waals surface area contributed by atoms with Crippen LogP contribution in [0.2, 0.25) is 0 Å². The molecule has 0 aromatic carbocycles. The molecule has 0 saturated heterocycles. The molecule has 10 heavy (non-hydrogen) atoms. The maximum Gasteiger partial charge on any atom is 0.124 e. The fraction of sp³-hybridized carbons (Fsp3) is 0.714. The van der Waals surface area contributed by atoms with Crippen LogP contribution >= 0.6 is 0 Å². The van der Waals surface area contributed by atoms with Crippen LogP contribution in [0.15, 0.2) is 12.3 Å². The Morgan fingerprint density at radius 3 is 2.60 bits per heavy atom. The van der Waals surface area contributed by atoms with Gasteiger partial charge in [-0.15, -0.1) is 0 Å². The van der Waals surface area contributed by atoms with Crippen LogP contribution in [0.1, 0.15) is 13.8 Å². The van der Waals surface area contributed by atoms with Crippen molar-refractivity contribution < 1.29 is 14.9 Å². The highest BCUT2D eigenvalue weighted by atomic mass is 16.5. The SMILES string of the molecule is C[C@H]1OC=C[C@@](C)(O)[C@@H]1O. The van der Waals surface area contributed by atoms with Crippen molar-refractivity contribution in [1.29, 1.82) is 0 Å². The van der Waals surface area contributed by atoms with Crippen LogP contribution in [-0.4, -0.2) is 28.0 Å². The summed E-state index contributed by atoms with van der Waals surface area (Å²) in [5.74, 6) is 0. The van der Waals surface area contributed by atoms with E-state index in [-0.39, 0.29) is 6.10 Å². The molecule has 3 atom stereocenters. The van der Waals surface area contributed by atoms with Gasteiger partial charge in [0.1, 0.15) is 17.8 Å². The predicted molar refractivity (Wildman–Crippen MR) is 36.3 cm³/mol. The van der Waals surface area contributed by atoms with Gasteiger partial charge in [-0.1, -0.05) is 0 Å². The first kappa shape index (κ1) is 7.57. The summed E-state index contributed by atoms with van der Waals surface area (Å²) in [5, 5.41) is 18.7. The van der Waals surface area contributed by atoms with Crippen molar-refractivity contribution in [2.24, 2.45) is 0 Å². The molecule has 0 aliphatic carbocycles. The van der Waals surface area contributed by atoms with Crippen LogP contribution in [-0.2, 0) is 4.74 Å². The van der Waals surface area contributed by atoms with Crippen molar-refractivity contribution in [1.82, 2.24) is 0 Å². The van der Waals surface area contributed by atoms with Gasteiger partial charge in [0.2, 0.25) is 0 Å². The molecule has 1 aliphatic heterocycles. The number of ether oxygens (including phenoxy) is 1. The van der Waals surface area contributed by atoms with Crippen LogP contribution in [0, 0.1) is 0 Å².